The molecule has 19 heavy (non-hydrogen) atoms. The van der Waals surface area contributed by atoms with Crippen molar-refractivity contribution in [2.45, 2.75) is 13.5 Å². The highest BCUT2D eigenvalue weighted by Gasteiger charge is 2.02. The minimum absolute atomic E-state index is 0.348. The zero-order chi connectivity index (χ0) is 13.5. The van der Waals surface area contributed by atoms with Gasteiger partial charge in [0.05, 0.1) is 18.7 Å². The maximum atomic E-state index is 5.76. The Morgan fingerprint density at radius 2 is 2.32 bits per heavy atom. The molecule has 0 radical (unpaired) electrons. The molecule has 0 saturated carbocycles. The van der Waals surface area contributed by atoms with Crippen LogP contribution in [-0.4, -0.2) is 22.9 Å². The van der Waals surface area contributed by atoms with Crippen molar-refractivity contribution in [2.24, 2.45) is 5.73 Å². The van der Waals surface area contributed by atoms with E-state index < -0.39 is 0 Å². The topological polar surface area (TPSA) is 53.1 Å². The van der Waals surface area contributed by atoms with Gasteiger partial charge in [0, 0.05) is 12.4 Å². The SMILES string of the molecule is Cc1ccc(OCCn2cccn2)c(C#CCN)c1. The summed E-state index contributed by atoms with van der Waals surface area (Å²) < 4.78 is 7.59. The van der Waals surface area contributed by atoms with E-state index in [2.05, 4.69) is 16.9 Å². The number of hydrogen-bond acceptors (Lipinski definition) is 3. The van der Waals surface area contributed by atoms with Gasteiger partial charge >= 0.3 is 0 Å². The molecule has 0 aliphatic rings. The summed E-state index contributed by atoms with van der Waals surface area (Å²) in [5, 5.41) is 4.13. The van der Waals surface area contributed by atoms with Gasteiger partial charge in [-0.3, -0.25) is 4.68 Å². The molecular weight excluding hydrogens is 238 g/mol. The number of hydrogen-bond donors (Lipinski definition) is 1. The number of nitrogens with zero attached hydrogens (tertiary/aromatic N) is 2. The highest BCUT2D eigenvalue weighted by atomic mass is 16.5. The van der Waals surface area contributed by atoms with E-state index in [0.29, 0.717) is 19.7 Å². The summed E-state index contributed by atoms with van der Waals surface area (Å²) in [7, 11) is 0. The van der Waals surface area contributed by atoms with E-state index in [1.165, 1.54) is 0 Å². The van der Waals surface area contributed by atoms with Crippen LogP contribution in [0, 0.1) is 18.8 Å². The average molecular weight is 255 g/mol. The molecule has 0 saturated heterocycles. The number of nitrogens with two attached hydrogens (primary N) is 1. The van der Waals surface area contributed by atoms with Crippen molar-refractivity contribution < 1.29 is 4.74 Å². The van der Waals surface area contributed by atoms with Gasteiger partial charge in [0.25, 0.3) is 0 Å². The molecule has 0 aliphatic heterocycles. The second-order valence-corrected chi connectivity index (χ2v) is 4.12. The fourth-order valence-electron chi connectivity index (χ4n) is 1.70. The Morgan fingerprint density at radius 3 is 3.05 bits per heavy atom. The third kappa shape index (κ3) is 3.87. The van der Waals surface area contributed by atoms with Gasteiger partial charge in [-0.15, -0.1) is 0 Å². The highest BCUT2D eigenvalue weighted by Crippen LogP contribution is 2.19. The van der Waals surface area contributed by atoms with Crippen LogP contribution in [0.3, 0.4) is 0 Å². The second-order valence-electron chi connectivity index (χ2n) is 4.12. The van der Waals surface area contributed by atoms with Crippen molar-refractivity contribution >= 4 is 0 Å². The van der Waals surface area contributed by atoms with Crippen LogP contribution in [-0.2, 0) is 6.54 Å². The van der Waals surface area contributed by atoms with Crippen molar-refractivity contribution in [2.75, 3.05) is 13.2 Å². The predicted octanol–water partition coefficient (Wildman–Crippen LogP) is 1.58. The van der Waals surface area contributed by atoms with E-state index in [1.54, 1.807) is 6.20 Å². The zero-order valence-electron chi connectivity index (χ0n) is 11.0. The van der Waals surface area contributed by atoms with Crippen LogP contribution in [0.1, 0.15) is 11.1 Å². The zero-order valence-corrected chi connectivity index (χ0v) is 11.0. The molecule has 1 aromatic carbocycles. The predicted molar refractivity (Wildman–Crippen MR) is 74.8 cm³/mol. The second kappa shape index (κ2) is 6.62. The number of aryl methyl sites for hydroxylation is 1. The van der Waals surface area contributed by atoms with E-state index >= 15 is 0 Å². The molecule has 4 nitrogen and oxygen atoms in total. The average Bonchev–Trinajstić information content (AvgIpc) is 2.91. The smallest absolute Gasteiger partial charge is 0.135 e. The van der Waals surface area contributed by atoms with Gasteiger partial charge in [-0.25, -0.2) is 0 Å². The van der Waals surface area contributed by atoms with Crippen LogP contribution in [0.15, 0.2) is 36.7 Å². The van der Waals surface area contributed by atoms with E-state index in [0.717, 1.165) is 16.9 Å². The molecule has 0 unspecified atom stereocenters. The molecule has 0 spiro atoms. The molecule has 2 N–H and O–H groups in total. The van der Waals surface area contributed by atoms with E-state index in [-0.39, 0.29) is 0 Å². The van der Waals surface area contributed by atoms with E-state index in [9.17, 15) is 0 Å². The van der Waals surface area contributed by atoms with Crippen molar-refractivity contribution in [3.63, 3.8) is 0 Å². The minimum Gasteiger partial charge on any atom is -0.490 e. The van der Waals surface area contributed by atoms with E-state index in [4.69, 9.17) is 10.5 Å². The van der Waals surface area contributed by atoms with Crippen LogP contribution in [0.25, 0.3) is 0 Å². The number of aromatic nitrogens is 2. The molecule has 4 heteroatoms. The lowest BCUT2D eigenvalue weighted by Gasteiger charge is -2.09. The van der Waals surface area contributed by atoms with Crippen molar-refractivity contribution in [1.82, 2.24) is 9.78 Å². The Labute approximate surface area is 113 Å². The maximum absolute atomic E-state index is 5.76. The lowest BCUT2D eigenvalue weighted by atomic mass is 10.1. The van der Waals surface area contributed by atoms with Gasteiger partial charge in [-0.2, -0.15) is 5.10 Å². The number of rotatable bonds is 4. The lowest BCUT2D eigenvalue weighted by molar-refractivity contribution is 0.290. The largest absolute Gasteiger partial charge is 0.490 e. The van der Waals surface area contributed by atoms with Crippen LogP contribution < -0.4 is 10.5 Å². The van der Waals surface area contributed by atoms with Crippen LogP contribution in [0.5, 0.6) is 5.75 Å². The summed E-state index contributed by atoms with van der Waals surface area (Å²) in [4.78, 5) is 0. The standard InChI is InChI=1S/C15H17N3O/c1-13-5-6-15(14(12-13)4-2-7-16)19-11-10-18-9-3-8-17-18/h3,5-6,8-9,12H,7,10-11,16H2,1H3. The molecule has 1 heterocycles. The summed E-state index contributed by atoms with van der Waals surface area (Å²) in [5.41, 5.74) is 7.44. The first-order chi connectivity index (χ1) is 9.29. The van der Waals surface area contributed by atoms with Crippen LogP contribution in [0.4, 0.5) is 0 Å². The third-order valence-electron chi connectivity index (χ3n) is 2.60. The molecule has 0 amide bonds. The highest BCUT2D eigenvalue weighted by molar-refractivity contribution is 5.48. The number of benzene rings is 1. The maximum Gasteiger partial charge on any atom is 0.135 e. The fraction of sp³-hybridized carbons (Fsp3) is 0.267. The summed E-state index contributed by atoms with van der Waals surface area (Å²) in [5.74, 6) is 6.68. The van der Waals surface area contributed by atoms with Gasteiger partial charge in [0.1, 0.15) is 12.4 Å². The first kappa shape index (κ1) is 13.2. The monoisotopic (exact) mass is 255 g/mol. The molecule has 2 rings (SSSR count). The summed E-state index contributed by atoms with van der Waals surface area (Å²) in [6.07, 6.45) is 3.66. The van der Waals surface area contributed by atoms with Crippen molar-refractivity contribution in [3.8, 4) is 17.6 Å². The van der Waals surface area contributed by atoms with E-state index in [1.807, 2.05) is 42.1 Å². The molecule has 0 atom stereocenters. The molecule has 0 aliphatic carbocycles. The Balaban J connectivity index is 2.02. The minimum atomic E-state index is 0.348. The van der Waals surface area contributed by atoms with Gasteiger partial charge in [-0.05, 0) is 30.7 Å². The summed E-state index contributed by atoms with van der Waals surface area (Å²) in [6, 6.07) is 7.85. The molecular formula is C15H17N3O. The van der Waals surface area contributed by atoms with Gasteiger partial charge < -0.3 is 10.5 Å². The molecule has 0 bridgehead atoms. The summed E-state index contributed by atoms with van der Waals surface area (Å²) in [6.45, 7) is 3.65. The van der Waals surface area contributed by atoms with Crippen molar-refractivity contribution in [3.05, 3.63) is 47.8 Å². The fourth-order valence-corrected chi connectivity index (χ4v) is 1.70. The molecule has 0 fully saturated rings. The van der Waals surface area contributed by atoms with Crippen molar-refractivity contribution in [1.29, 1.82) is 0 Å². The Hall–Kier alpha value is -2.25. The quantitative estimate of drug-likeness (QED) is 0.844. The van der Waals surface area contributed by atoms with Gasteiger partial charge in [0.2, 0.25) is 0 Å². The van der Waals surface area contributed by atoms with Crippen LogP contribution in [0.2, 0.25) is 0 Å². The van der Waals surface area contributed by atoms with Gasteiger partial charge in [0.15, 0.2) is 0 Å². The normalized spacial score (nSPS) is 9.79. The Kier molecular flexibility index (Phi) is 4.60. The lowest BCUT2D eigenvalue weighted by Crippen LogP contribution is -2.09. The molecule has 1 aromatic heterocycles. The van der Waals surface area contributed by atoms with Gasteiger partial charge in [-0.1, -0.05) is 17.9 Å². The first-order valence-corrected chi connectivity index (χ1v) is 6.19. The van der Waals surface area contributed by atoms with Crippen LogP contribution >= 0.6 is 0 Å². The summed E-state index contributed by atoms with van der Waals surface area (Å²) >= 11 is 0. The number of ether oxygens (including phenoxy) is 1. The molecule has 98 valence electrons. The molecule has 2 aromatic rings. The Morgan fingerprint density at radius 1 is 1.42 bits per heavy atom. The first-order valence-electron chi connectivity index (χ1n) is 6.19. The Bertz CT molecular complexity index is 579. The third-order valence-corrected chi connectivity index (χ3v) is 2.60.